The van der Waals surface area contributed by atoms with Crippen molar-refractivity contribution in [2.75, 3.05) is 6.54 Å². The fourth-order valence-electron chi connectivity index (χ4n) is 2.02. The predicted molar refractivity (Wildman–Crippen MR) is 61.6 cm³/mol. The third-order valence-electron chi connectivity index (χ3n) is 3.29. The van der Waals surface area contributed by atoms with Gasteiger partial charge in [0.15, 0.2) is 0 Å². The summed E-state index contributed by atoms with van der Waals surface area (Å²) in [6.45, 7) is 3.07. The van der Waals surface area contributed by atoms with Gasteiger partial charge in [-0.2, -0.15) is 0 Å². The number of aliphatic hydroxyl groups is 1. The Morgan fingerprint density at radius 3 is 2.75 bits per heavy atom. The number of hydrogen-bond donors (Lipinski definition) is 2. The molecule has 0 radical (unpaired) electrons. The lowest BCUT2D eigenvalue weighted by Crippen LogP contribution is -2.45. The average molecular weight is 223 g/mol. The van der Waals surface area contributed by atoms with E-state index >= 15 is 0 Å². The predicted octanol–water partition coefficient (Wildman–Crippen LogP) is 2.14. The number of benzene rings is 1. The molecule has 0 atom stereocenters. The van der Waals surface area contributed by atoms with Crippen LogP contribution in [0.2, 0.25) is 0 Å². The highest BCUT2D eigenvalue weighted by atomic mass is 19.1. The largest absolute Gasteiger partial charge is 0.389 e. The molecule has 1 saturated carbocycles. The van der Waals surface area contributed by atoms with Gasteiger partial charge in [-0.25, -0.2) is 4.39 Å². The number of aryl methyl sites for hydroxylation is 1. The van der Waals surface area contributed by atoms with Crippen LogP contribution in [0.1, 0.15) is 30.4 Å². The maximum Gasteiger partial charge on any atom is 0.126 e. The molecule has 1 aromatic carbocycles. The van der Waals surface area contributed by atoms with Crippen molar-refractivity contribution >= 4 is 0 Å². The number of nitrogens with one attached hydrogen (secondary N) is 1. The first-order valence-electron chi connectivity index (χ1n) is 5.77. The third-order valence-corrected chi connectivity index (χ3v) is 3.29. The van der Waals surface area contributed by atoms with Gasteiger partial charge in [-0.15, -0.1) is 0 Å². The van der Waals surface area contributed by atoms with Gasteiger partial charge in [0.1, 0.15) is 5.82 Å². The van der Waals surface area contributed by atoms with Crippen LogP contribution in [0.3, 0.4) is 0 Å². The lowest BCUT2D eigenvalue weighted by molar-refractivity contribution is -0.0314. The molecule has 1 aromatic rings. The summed E-state index contributed by atoms with van der Waals surface area (Å²) in [4.78, 5) is 0. The SMILES string of the molecule is Cc1cc(CNCC2(O)CCC2)ccc1F. The standard InChI is InChI=1S/C13H18FNO/c1-10-7-11(3-4-12(10)14)8-15-9-13(16)5-2-6-13/h3-4,7,15-16H,2,5-6,8-9H2,1H3. The van der Waals surface area contributed by atoms with E-state index < -0.39 is 5.60 Å². The summed E-state index contributed by atoms with van der Waals surface area (Å²) < 4.78 is 13.0. The fourth-order valence-corrected chi connectivity index (χ4v) is 2.02. The molecule has 1 fully saturated rings. The molecule has 2 nitrogen and oxygen atoms in total. The highest BCUT2D eigenvalue weighted by Gasteiger charge is 2.33. The highest BCUT2D eigenvalue weighted by molar-refractivity contribution is 5.23. The van der Waals surface area contributed by atoms with Crippen molar-refractivity contribution in [3.63, 3.8) is 0 Å². The Kier molecular flexibility index (Phi) is 3.26. The Bertz CT molecular complexity index is 374. The Morgan fingerprint density at radius 2 is 2.19 bits per heavy atom. The van der Waals surface area contributed by atoms with E-state index in [9.17, 15) is 9.50 Å². The minimum absolute atomic E-state index is 0.165. The van der Waals surface area contributed by atoms with Crippen molar-refractivity contribution in [2.45, 2.75) is 38.3 Å². The molecular weight excluding hydrogens is 205 g/mol. The van der Waals surface area contributed by atoms with Gasteiger partial charge in [0.05, 0.1) is 5.60 Å². The molecule has 0 spiro atoms. The van der Waals surface area contributed by atoms with E-state index in [4.69, 9.17) is 0 Å². The molecule has 0 unspecified atom stereocenters. The van der Waals surface area contributed by atoms with E-state index in [2.05, 4.69) is 5.32 Å². The fraction of sp³-hybridized carbons (Fsp3) is 0.538. The normalized spacial score (nSPS) is 18.2. The van der Waals surface area contributed by atoms with Gasteiger partial charge >= 0.3 is 0 Å². The number of halogens is 1. The van der Waals surface area contributed by atoms with Crippen LogP contribution in [0, 0.1) is 12.7 Å². The molecule has 0 saturated heterocycles. The average Bonchev–Trinajstić information content (AvgIpc) is 2.21. The van der Waals surface area contributed by atoms with Crippen LogP contribution in [0.5, 0.6) is 0 Å². The quantitative estimate of drug-likeness (QED) is 0.819. The lowest BCUT2D eigenvalue weighted by atomic mass is 9.80. The monoisotopic (exact) mass is 223 g/mol. The van der Waals surface area contributed by atoms with Crippen LogP contribution >= 0.6 is 0 Å². The van der Waals surface area contributed by atoms with Crippen molar-refractivity contribution in [1.29, 1.82) is 0 Å². The summed E-state index contributed by atoms with van der Waals surface area (Å²) in [5, 5.41) is 13.1. The molecule has 2 N–H and O–H groups in total. The van der Waals surface area contributed by atoms with Crippen LogP contribution in [0.15, 0.2) is 18.2 Å². The molecule has 0 amide bonds. The molecule has 0 aliphatic heterocycles. The van der Waals surface area contributed by atoms with Gasteiger partial charge in [0.2, 0.25) is 0 Å². The molecule has 88 valence electrons. The van der Waals surface area contributed by atoms with Crippen molar-refractivity contribution in [3.8, 4) is 0 Å². The van der Waals surface area contributed by atoms with Crippen molar-refractivity contribution in [2.24, 2.45) is 0 Å². The molecular formula is C13H18FNO. The van der Waals surface area contributed by atoms with E-state index in [0.29, 0.717) is 18.7 Å². The summed E-state index contributed by atoms with van der Waals surface area (Å²) in [5.41, 5.74) is 1.23. The summed E-state index contributed by atoms with van der Waals surface area (Å²) in [5.74, 6) is -0.165. The summed E-state index contributed by atoms with van der Waals surface area (Å²) >= 11 is 0. The van der Waals surface area contributed by atoms with Gasteiger partial charge in [-0.05, 0) is 43.4 Å². The first-order valence-corrected chi connectivity index (χ1v) is 5.77. The number of hydrogen-bond acceptors (Lipinski definition) is 2. The number of rotatable bonds is 4. The molecule has 16 heavy (non-hydrogen) atoms. The Labute approximate surface area is 95.5 Å². The first kappa shape index (κ1) is 11.6. The second kappa shape index (κ2) is 4.52. The second-order valence-electron chi connectivity index (χ2n) is 4.76. The molecule has 0 heterocycles. The minimum Gasteiger partial charge on any atom is -0.389 e. The maximum absolute atomic E-state index is 13.0. The van der Waals surface area contributed by atoms with Gasteiger partial charge in [-0.1, -0.05) is 12.1 Å². The molecule has 1 aliphatic carbocycles. The van der Waals surface area contributed by atoms with E-state index in [1.54, 1.807) is 13.0 Å². The highest BCUT2D eigenvalue weighted by Crippen LogP contribution is 2.30. The van der Waals surface area contributed by atoms with Crippen molar-refractivity contribution < 1.29 is 9.50 Å². The summed E-state index contributed by atoms with van der Waals surface area (Å²) in [7, 11) is 0. The maximum atomic E-state index is 13.0. The van der Waals surface area contributed by atoms with Crippen molar-refractivity contribution in [1.82, 2.24) is 5.32 Å². The molecule has 2 rings (SSSR count). The van der Waals surface area contributed by atoms with E-state index in [0.717, 1.165) is 24.8 Å². The Morgan fingerprint density at radius 1 is 1.44 bits per heavy atom. The van der Waals surface area contributed by atoms with E-state index in [1.165, 1.54) is 6.07 Å². The smallest absolute Gasteiger partial charge is 0.126 e. The first-order chi connectivity index (χ1) is 7.59. The summed E-state index contributed by atoms with van der Waals surface area (Å²) in [6.07, 6.45) is 2.90. The van der Waals surface area contributed by atoms with Gasteiger partial charge in [0, 0.05) is 13.1 Å². The Hall–Kier alpha value is -0.930. The lowest BCUT2D eigenvalue weighted by Gasteiger charge is -2.36. The molecule has 3 heteroatoms. The van der Waals surface area contributed by atoms with Crippen molar-refractivity contribution in [3.05, 3.63) is 35.1 Å². The van der Waals surface area contributed by atoms with Gasteiger partial charge in [0.25, 0.3) is 0 Å². The van der Waals surface area contributed by atoms with E-state index in [-0.39, 0.29) is 5.82 Å². The third kappa shape index (κ3) is 2.60. The molecule has 0 aromatic heterocycles. The van der Waals surface area contributed by atoms with E-state index in [1.807, 2.05) is 6.07 Å². The zero-order valence-corrected chi connectivity index (χ0v) is 9.59. The minimum atomic E-state index is -0.491. The zero-order chi connectivity index (χ0) is 11.6. The van der Waals surface area contributed by atoms with Crippen LogP contribution < -0.4 is 5.32 Å². The molecule has 0 bridgehead atoms. The topological polar surface area (TPSA) is 32.3 Å². The van der Waals surface area contributed by atoms with Gasteiger partial charge < -0.3 is 10.4 Å². The van der Waals surface area contributed by atoms with Crippen LogP contribution in [-0.4, -0.2) is 17.3 Å². The van der Waals surface area contributed by atoms with Crippen LogP contribution in [0.4, 0.5) is 4.39 Å². The molecule has 1 aliphatic rings. The Balaban J connectivity index is 1.83. The summed E-state index contributed by atoms with van der Waals surface area (Å²) in [6, 6.07) is 5.11. The van der Waals surface area contributed by atoms with Crippen LogP contribution in [-0.2, 0) is 6.54 Å². The zero-order valence-electron chi connectivity index (χ0n) is 9.59. The van der Waals surface area contributed by atoms with Crippen LogP contribution in [0.25, 0.3) is 0 Å². The van der Waals surface area contributed by atoms with Gasteiger partial charge in [-0.3, -0.25) is 0 Å². The second-order valence-corrected chi connectivity index (χ2v) is 4.76.